The molecule has 0 fully saturated rings. The van der Waals surface area contributed by atoms with Gasteiger partial charge in [0.1, 0.15) is 6.61 Å². The summed E-state index contributed by atoms with van der Waals surface area (Å²) in [4.78, 5) is 23.0. The van der Waals surface area contributed by atoms with Gasteiger partial charge in [-0.25, -0.2) is 0 Å². The van der Waals surface area contributed by atoms with E-state index in [-0.39, 0.29) is 31.6 Å². The summed E-state index contributed by atoms with van der Waals surface area (Å²) in [6.07, 6.45) is 4.12. The second kappa shape index (κ2) is 25.0. The molecule has 0 spiro atoms. The van der Waals surface area contributed by atoms with Gasteiger partial charge in [-0.1, -0.05) is 19.8 Å². The maximum atomic E-state index is 11.6. The van der Waals surface area contributed by atoms with Crippen LogP contribution in [0.4, 0.5) is 0 Å². The van der Waals surface area contributed by atoms with Gasteiger partial charge in [-0.05, 0) is 6.42 Å². The third kappa shape index (κ3) is 24.8. The number of rotatable bonds is 24. The zero-order chi connectivity index (χ0) is 22.8. The standard InChI is InChI=1S/C21H42N2O8/c1-3-4-5-9-27-14-16-29-17-15-28-10-6-11-30-20(24)18-23-8-13-31-21(25)19-22-7-12-26-2/h22-23H,3-19H2,1-2H3. The van der Waals surface area contributed by atoms with Crippen molar-refractivity contribution in [3.05, 3.63) is 0 Å². The lowest BCUT2D eigenvalue weighted by atomic mass is 10.3. The minimum atomic E-state index is -0.352. The van der Waals surface area contributed by atoms with Crippen LogP contribution in [0.2, 0.25) is 0 Å². The Balaban J connectivity index is 3.23. The van der Waals surface area contributed by atoms with Crippen LogP contribution in [0.3, 0.4) is 0 Å². The van der Waals surface area contributed by atoms with Crippen LogP contribution in [0.5, 0.6) is 0 Å². The molecular weight excluding hydrogens is 408 g/mol. The highest BCUT2D eigenvalue weighted by molar-refractivity contribution is 5.72. The molecule has 184 valence electrons. The largest absolute Gasteiger partial charge is 0.465 e. The Morgan fingerprint density at radius 1 is 0.613 bits per heavy atom. The van der Waals surface area contributed by atoms with Crippen molar-refractivity contribution in [2.75, 3.05) is 92.8 Å². The maximum absolute atomic E-state index is 11.6. The maximum Gasteiger partial charge on any atom is 0.319 e. The first-order valence-electron chi connectivity index (χ1n) is 11.2. The molecule has 0 aliphatic heterocycles. The average Bonchev–Trinajstić information content (AvgIpc) is 2.76. The number of nitrogens with one attached hydrogen (secondary N) is 2. The molecule has 0 amide bonds. The topological polar surface area (TPSA) is 114 Å². The molecule has 0 radical (unpaired) electrons. The fourth-order valence-electron chi connectivity index (χ4n) is 2.24. The fourth-order valence-corrected chi connectivity index (χ4v) is 2.24. The van der Waals surface area contributed by atoms with E-state index >= 15 is 0 Å². The van der Waals surface area contributed by atoms with E-state index < -0.39 is 0 Å². The predicted molar refractivity (Wildman–Crippen MR) is 116 cm³/mol. The number of hydrogen-bond donors (Lipinski definition) is 2. The number of carbonyl (C=O) groups excluding carboxylic acids is 2. The van der Waals surface area contributed by atoms with Gasteiger partial charge in [0.05, 0.1) is 52.7 Å². The van der Waals surface area contributed by atoms with Crippen LogP contribution in [0, 0.1) is 0 Å². The van der Waals surface area contributed by atoms with E-state index in [9.17, 15) is 9.59 Å². The second-order valence-corrected chi connectivity index (χ2v) is 6.69. The molecule has 31 heavy (non-hydrogen) atoms. The number of unbranched alkanes of at least 4 members (excludes halogenated alkanes) is 2. The molecular formula is C21H42N2O8. The van der Waals surface area contributed by atoms with Crippen LogP contribution in [0.15, 0.2) is 0 Å². The molecule has 0 aliphatic carbocycles. The van der Waals surface area contributed by atoms with Gasteiger partial charge in [-0.2, -0.15) is 0 Å². The molecule has 0 aromatic carbocycles. The highest BCUT2D eigenvalue weighted by Gasteiger charge is 2.04. The molecule has 0 bridgehead atoms. The summed E-state index contributed by atoms with van der Waals surface area (Å²) in [7, 11) is 1.59. The lowest BCUT2D eigenvalue weighted by molar-refractivity contribution is -0.143. The molecule has 0 unspecified atom stereocenters. The van der Waals surface area contributed by atoms with E-state index in [2.05, 4.69) is 17.6 Å². The van der Waals surface area contributed by atoms with Gasteiger partial charge >= 0.3 is 11.9 Å². The van der Waals surface area contributed by atoms with Gasteiger partial charge in [0.15, 0.2) is 0 Å². The van der Waals surface area contributed by atoms with Crippen LogP contribution in [0.1, 0.15) is 32.6 Å². The monoisotopic (exact) mass is 450 g/mol. The van der Waals surface area contributed by atoms with Crippen LogP contribution >= 0.6 is 0 Å². The first-order chi connectivity index (χ1) is 15.2. The van der Waals surface area contributed by atoms with Crippen molar-refractivity contribution >= 4 is 11.9 Å². The van der Waals surface area contributed by atoms with Gasteiger partial charge in [0.25, 0.3) is 0 Å². The third-order valence-corrected chi connectivity index (χ3v) is 3.90. The van der Waals surface area contributed by atoms with E-state index in [0.29, 0.717) is 65.8 Å². The summed E-state index contributed by atoms with van der Waals surface area (Å²) >= 11 is 0. The minimum absolute atomic E-state index is 0.0683. The highest BCUT2D eigenvalue weighted by atomic mass is 16.6. The molecule has 2 N–H and O–H groups in total. The summed E-state index contributed by atoms with van der Waals surface area (Å²) in [5.41, 5.74) is 0. The van der Waals surface area contributed by atoms with Crippen LogP contribution in [-0.2, 0) is 38.0 Å². The van der Waals surface area contributed by atoms with Crippen molar-refractivity contribution in [3.8, 4) is 0 Å². The summed E-state index contributed by atoms with van der Waals surface area (Å²) < 4.78 is 31.2. The smallest absolute Gasteiger partial charge is 0.319 e. The summed E-state index contributed by atoms with van der Waals surface area (Å²) in [5.74, 6) is -0.698. The molecule has 0 aromatic heterocycles. The van der Waals surface area contributed by atoms with Crippen molar-refractivity contribution in [2.45, 2.75) is 32.6 Å². The molecule has 0 rings (SSSR count). The van der Waals surface area contributed by atoms with Crippen molar-refractivity contribution < 1.29 is 38.0 Å². The minimum Gasteiger partial charge on any atom is -0.465 e. The number of ether oxygens (including phenoxy) is 6. The normalized spacial score (nSPS) is 10.9. The Hall–Kier alpha value is -1.30. The van der Waals surface area contributed by atoms with Crippen molar-refractivity contribution in [1.29, 1.82) is 0 Å². The zero-order valence-electron chi connectivity index (χ0n) is 19.3. The van der Waals surface area contributed by atoms with Gasteiger partial charge in [-0.15, -0.1) is 0 Å². The first kappa shape index (κ1) is 29.7. The lowest BCUT2D eigenvalue weighted by Gasteiger charge is -2.08. The van der Waals surface area contributed by atoms with E-state index in [1.807, 2.05) is 0 Å². The van der Waals surface area contributed by atoms with E-state index in [4.69, 9.17) is 28.4 Å². The van der Waals surface area contributed by atoms with Crippen molar-refractivity contribution in [2.24, 2.45) is 0 Å². The first-order valence-corrected chi connectivity index (χ1v) is 11.2. The van der Waals surface area contributed by atoms with Gasteiger partial charge in [0, 0.05) is 39.8 Å². The van der Waals surface area contributed by atoms with Crippen LogP contribution in [-0.4, -0.2) is 105 Å². The van der Waals surface area contributed by atoms with E-state index in [1.165, 1.54) is 12.8 Å². The Morgan fingerprint density at radius 2 is 1.13 bits per heavy atom. The van der Waals surface area contributed by atoms with Gasteiger partial charge in [0.2, 0.25) is 0 Å². The summed E-state index contributed by atoms with van der Waals surface area (Å²) in [6.45, 7) is 7.88. The molecule has 0 heterocycles. The Kier molecular flexibility index (Phi) is 23.9. The van der Waals surface area contributed by atoms with Crippen molar-refractivity contribution in [1.82, 2.24) is 10.6 Å². The fraction of sp³-hybridized carbons (Fsp3) is 0.905. The molecule has 0 saturated heterocycles. The number of esters is 2. The Morgan fingerprint density at radius 3 is 1.71 bits per heavy atom. The van der Waals surface area contributed by atoms with Crippen LogP contribution in [0.25, 0.3) is 0 Å². The molecule has 10 heteroatoms. The molecule has 0 aliphatic rings. The Bertz CT molecular complexity index is 413. The van der Waals surface area contributed by atoms with Gasteiger partial charge in [-0.3, -0.25) is 9.59 Å². The summed E-state index contributed by atoms with van der Waals surface area (Å²) in [6, 6.07) is 0. The Labute approximate surface area is 186 Å². The van der Waals surface area contributed by atoms with Gasteiger partial charge < -0.3 is 39.1 Å². The zero-order valence-corrected chi connectivity index (χ0v) is 19.3. The van der Waals surface area contributed by atoms with Crippen LogP contribution < -0.4 is 10.6 Å². The highest BCUT2D eigenvalue weighted by Crippen LogP contribution is 1.94. The number of carbonyl (C=O) groups is 2. The lowest BCUT2D eigenvalue weighted by Crippen LogP contribution is -2.31. The van der Waals surface area contributed by atoms with E-state index in [1.54, 1.807) is 7.11 Å². The summed E-state index contributed by atoms with van der Waals surface area (Å²) in [5, 5.41) is 5.76. The molecule has 0 saturated carbocycles. The number of methoxy groups -OCH3 is 1. The van der Waals surface area contributed by atoms with Crippen molar-refractivity contribution in [3.63, 3.8) is 0 Å². The SMILES string of the molecule is CCCCCOCCOCCOCCCOC(=O)CNCCOC(=O)CNCCOC. The van der Waals surface area contributed by atoms with E-state index in [0.717, 1.165) is 13.0 Å². The molecule has 0 aromatic rings. The molecule has 0 atom stereocenters. The second-order valence-electron chi connectivity index (χ2n) is 6.69. The number of hydrogen-bond acceptors (Lipinski definition) is 10. The average molecular weight is 451 g/mol. The predicted octanol–water partition coefficient (Wildman–Crippen LogP) is 0.529. The quantitative estimate of drug-likeness (QED) is 0.159. The third-order valence-electron chi connectivity index (χ3n) is 3.90. The molecule has 10 nitrogen and oxygen atoms in total.